The monoisotopic (exact) mass is 231 g/mol. The Hall–Kier alpha value is -1.68. The van der Waals surface area contributed by atoms with Crippen LogP contribution < -0.4 is 5.32 Å². The first-order valence-electron chi connectivity index (χ1n) is 5.78. The highest BCUT2D eigenvalue weighted by molar-refractivity contribution is 5.57. The topological polar surface area (TPSA) is 40.7 Å². The fourth-order valence-electron chi connectivity index (χ4n) is 2.13. The van der Waals surface area contributed by atoms with Gasteiger partial charge in [0.05, 0.1) is 11.3 Å². The molecule has 1 aromatic carbocycles. The molecular weight excluding hydrogens is 217 g/mol. The summed E-state index contributed by atoms with van der Waals surface area (Å²) < 4.78 is 13.6. The minimum atomic E-state index is -0.237. The molecule has 17 heavy (non-hydrogen) atoms. The maximum atomic E-state index is 13.6. The summed E-state index contributed by atoms with van der Waals surface area (Å²) in [6, 6.07) is 6.71. The molecule has 1 aliphatic heterocycles. The lowest BCUT2D eigenvalue weighted by atomic mass is 9.98. The first-order valence-corrected chi connectivity index (χ1v) is 5.78. The first kappa shape index (κ1) is 10.5. The van der Waals surface area contributed by atoms with E-state index in [1.54, 1.807) is 12.1 Å². The third kappa shape index (κ3) is 1.74. The van der Waals surface area contributed by atoms with Crippen LogP contribution in [0.3, 0.4) is 0 Å². The van der Waals surface area contributed by atoms with Crippen molar-refractivity contribution in [3.8, 4) is 11.4 Å². The number of aromatic amines is 1. The van der Waals surface area contributed by atoms with Crippen molar-refractivity contribution in [3.05, 3.63) is 41.5 Å². The maximum Gasteiger partial charge on any atom is 0.140 e. The molecule has 4 heteroatoms. The Morgan fingerprint density at radius 3 is 2.71 bits per heavy atom. The van der Waals surface area contributed by atoms with Crippen molar-refractivity contribution in [1.29, 1.82) is 0 Å². The first-order chi connectivity index (χ1) is 8.25. The summed E-state index contributed by atoms with van der Waals surface area (Å²) >= 11 is 0. The van der Waals surface area contributed by atoms with Crippen LogP contribution in [0.4, 0.5) is 4.39 Å². The average Bonchev–Trinajstić information content (AvgIpc) is 2.59. The number of halogens is 1. The zero-order valence-electron chi connectivity index (χ0n) is 9.63. The minimum absolute atomic E-state index is 0.237. The van der Waals surface area contributed by atoms with Gasteiger partial charge in [-0.3, -0.25) is 0 Å². The molecule has 1 saturated heterocycles. The van der Waals surface area contributed by atoms with Gasteiger partial charge in [0.2, 0.25) is 0 Å². The fourth-order valence-corrected chi connectivity index (χ4v) is 2.13. The quantitative estimate of drug-likeness (QED) is 0.832. The number of rotatable bonds is 2. The highest BCUT2D eigenvalue weighted by Crippen LogP contribution is 2.26. The largest absolute Gasteiger partial charge is 0.342 e. The van der Waals surface area contributed by atoms with E-state index in [0.29, 0.717) is 17.3 Å². The molecule has 88 valence electrons. The Balaban J connectivity index is 2.01. The molecule has 0 saturated carbocycles. The van der Waals surface area contributed by atoms with Crippen molar-refractivity contribution in [2.45, 2.75) is 12.8 Å². The Morgan fingerprint density at radius 1 is 1.29 bits per heavy atom. The van der Waals surface area contributed by atoms with Gasteiger partial charge in [0.1, 0.15) is 11.6 Å². The molecule has 0 bridgehead atoms. The van der Waals surface area contributed by atoms with Crippen molar-refractivity contribution in [2.75, 3.05) is 13.1 Å². The van der Waals surface area contributed by atoms with Gasteiger partial charge in [-0.1, -0.05) is 12.1 Å². The lowest BCUT2D eigenvalue weighted by Gasteiger charge is -2.25. The van der Waals surface area contributed by atoms with Gasteiger partial charge >= 0.3 is 0 Å². The maximum absolute atomic E-state index is 13.6. The van der Waals surface area contributed by atoms with Crippen molar-refractivity contribution in [1.82, 2.24) is 15.3 Å². The highest BCUT2D eigenvalue weighted by atomic mass is 19.1. The van der Waals surface area contributed by atoms with Crippen LogP contribution in [0.15, 0.2) is 24.3 Å². The van der Waals surface area contributed by atoms with Crippen LogP contribution in [-0.4, -0.2) is 23.1 Å². The summed E-state index contributed by atoms with van der Waals surface area (Å²) in [5.41, 5.74) is 2.63. The summed E-state index contributed by atoms with van der Waals surface area (Å²) in [6.07, 6.45) is 0. The number of hydrogen-bond acceptors (Lipinski definition) is 2. The van der Waals surface area contributed by atoms with Gasteiger partial charge in [-0.2, -0.15) is 0 Å². The van der Waals surface area contributed by atoms with Crippen LogP contribution >= 0.6 is 0 Å². The van der Waals surface area contributed by atoms with Gasteiger partial charge in [-0.25, -0.2) is 9.37 Å². The second-order valence-electron chi connectivity index (χ2n) is 4.43. The summed E-state index contributed by atoms with van der Waals surface area (Å²) in [5, 5.41) is 3.22. The summed E-state index contributed by atoms with van der Waals surface area (Å²) in [7, 11) is 0. The fraction of sp³-hybridized carbons (Fsp3) is 0.308. The smallest absolute Gasteiger partial charge is 0.140 e. The minimum Gasteiger partial charge on any atom is -0.342 e. The summed E-state index contributed by atoms with van der Waals surface area (Å²) in [6.45, 7) is 3.91. The second-order valence-corrected chi connectivity index (χ2v) is 4.43. The van der Waals surface area contributed by atoms with Crippen molar-refractivity contribution >= 4 is 0 Å². The molecule has 0 radical (unpaired) electrons. The van der Waals surface area contributed by atoms with Gasteiger partial charge < -0.3 is 10.3 Å². The summed E-state index contributed by atoms with van der Waals surface area (Å²) in [5.74, 6) is 0.855. The predicted molar refractivity (Wildman–Crippen MR) is 64.3 cm³/mol. The third-order valence-corrected chi connectivity index (χ3v) is 3.22. The number of hydrogen-bond donors (Lipinski definition) is 2. The zero-order valence-corrected chi connectivity index (χ0v) is 9.63. The van der Waals surface area contributed by atoms with E-state index < -0.39 is 0 Å². The highest BCUT2D eigenvalue weighted by Gasteiger charge is 2.24. The molecule has 3 nitrogen and oxygen atoms in total. The van der Waals surface area contributed by atoms with Gasteiger partial charge in [0, 0.05) is 24.7 Å². The van der Waals surface area contributed by atoms with Crippen LogP contribution in [0.1, 0.15) is 17.3 Å². The number of aromatic nitrogens is 2. The number of imidazole rings is 1. The number of benzene rings is 1. The molecule has 1 aromatic heterocycles. The van der Waals surface area contributed by atoms with Crippen LogP contribution in [0.2, 0.25) is 0 Å². The Bertz CT molecular complexity index is 543. The van der Waals surface area contributed by atoms with E-state index in [2.05, 4.69) is 15.3 Å². The predicted octanol–water partition coefficient (Wildman–Crippen LogP) is 2.21. The van der Waals surface area contributed by atoms with E-state index in [1.807, 2.05) is 13.0 Å². The van der Waals surface area contributed by atoms with E-state index in [9.17, 15) is 4.39 Å². The van der Waals surface area contributed by atoms with E-state index in [4.69, 9.17) is 0 Å². The lowest BCUT2D eigenvalue weighted by molar-refractivity contribution is 0.439. The molecule has 1 aliphatic rings. The second kappa shape index (κ2) is 3.96. The van der Waals surface area contributed by atoms with Crippen LogP contribution in [-0.2, 0) is 0 Å². The molecule has 2 aromatic rings. The molecule has 3 rings (SSSR count). The standard InChI is InChI=1S/C13H14FN3/c1-8-12(9-6-15-7-9)17-13(16-8)10-4-2-3-5-11(10)14/h2-5,9,15H,6-7H2,1H3,(H,16,17). The van der Waals surface area contributed by atoms with Crippen molar-refractivity contribution < 1.29 is 4.39 Å². The van der Waals surface area contributed by atoms with Crippen LogP contribution in [0, 0.1) is 12.7 Å². The normalized spacial score (nSPS) is 15.9. The summed E-state index contributed by atoms with van der Waals surface area (Å²) in [4.78, 5) is 7.70. The molecular formula is C13H14FN3. The van der Waals surface area contributed by atoms with Crippen LogP contribution in [0.5, 0.6) is 0 Å². The Morgan fingerprint density at radius 2 is 2.06 bits per heavy atom. The molecule has 2 heterocycles. The molecule has 0 amide bonds. The number of nitrogens with one attached hydrogen (secondary N) is 2. The van der Waals surface area contributed by atoms with Gasteiger partial charge in [0.25, 0.3) is 0 Å². The van der Waals surface area contributed by atoms with E-state index in [1.165, 1.54) is 6.07 Å². The molecule has 0 unspecified atom stereocenters. The van der Waals surface area contributed by atoms with Crippen molar-refractivity contribution in [3.63, 3.8) is 0 Å². The molecule has 0 aliphatic carbocycles. The number of nitrogens with zero attached hydrogens (tertiary/aromatic N) is 1. The van der Waals surface area contributed by atoms with E-state index >= 15 is 0 Å². The molecule has 0 atom stereocenters. The van der Waals surface area contributed by atoms with E-state index in [0.717, 1.165) is 24.5 Å². The zero-order chi connectivity index (χ0) is 11.8. The third-order valence-electron chi connectivity index (χ3n) is 3.22. The van der Waals surface area contributed by atoms with Gasteiger partial charge in [0.15, 0.2) is 0 Å². The molecule has 2 N–H and O–H groups in total. The Labute approximate surface area is 99.1 Å². The number of aryl methyl sites for hydroxylation is 1. The lowest BCUT2D eigenvalue weighted by Crippen LogP contribution is -2.40. The van der Waals surface area contributed by atoms with Gasteiger partial charge in [-0.15, -0.1) is 0 Å². The van der Waals surface area contributed by atoms with E-state index in [-0.39, 0.29) is 5.82 Å². The molecule has 0 spiro atoms. The van der Waals surface area contributed by atoms with Crippen molar-refractivity contribution in [2.24, 2.45) is 0 Å². The van der Waals surface area contributed by atoms with Gasteiger partial charge in [-0.05, 0) is 19.1 Å². The Kier molecular flexibility index (Phi) is 2.44. The molecule has 1 fully saturated rings. The number of H-pyrrole nitrogens is 1. The average molecular weight is 231 g/mol. The SMILES string of the molecule is Cc1[nH]c(-c2ccccc2F)nc1C1CNC1. The van der Waals surface area contributed by atoms with Crippen LogP contribution in [0.25, 0.3) is 11.4 Å².